The number of carbonyl (C=O) groups is 1. The normalized spacial score (nSPS) is 9.46. The van der Waals surface area contributed by atoms with Crippen molar-refractivity contribution in [2.24, 2.45) is 4.99 Å². The van der Waals surface area contributed by atoms with Crippen molar-refractivity contribution >= 4 is 45.3 Å². The van der Waals surface area contributed by atoms with Crippen molar-refractivity contribution in [3.8, 4) is 0 Å². The predicted molar refractivity (Wildman–Crippen MR) is 54.9 cm³/mol. The summed E-state index contributed by atoms with van der Waals surface area (Å²) < 4.78 is -0.306. The van der Waals surface area contributed by atoms with E-state index in [1.165, 1.54) is 0 Å². The van der Waals surface area contributed by atoms with Crippen LogP contribution < -0.4 is 0 Å². The van der Waals surface area contributed by atoms with E-state index >= 15 is 0 Å². The van der Waals surface area contributed by atoms with E-state index in [1.54, 1.807) is 24.3 Å². The Kier molecular flexibility index (Phi) is 3.72. The van der Waals surface area contributed by atoms with Gasteiger partial charge < -0.3 is 0 Å². The van der Waals surface area contributed by atoms with Crippen molar-refractivity contribution in [1.82, 2.24) is 0 Å². The number of rotatable bonds is 1. The molecule has 0 saturated heterocycles. The smallest absolute Gasteiger partial charge is 0.267 e. The molecule has 0 spiro atoms. The second-order valence-electron chi connectivity index (χ2n) is 2.16. The minimum atomic E-state index is -0.489. The van der Waals surface area contributed by atoms with Crippen LogP contribution in [0, 0.1) is 0 Å². The van der Waals surface area contributed by atoms with E-state index in [4.69, 9.17) is 34.8 Å². The molecule has 0 aliphatic heterocycles. The molecule has 0 aromatic heterocycles. The average Bonchev–Trinajstić information content (AvgIpc) is 2.04. The van der Waals surface area contributed by atoms with Gasteiger partial charge in [-0.15, -0.1) is 0 Å². The maximum Gasteiger partial charge on any atom is 0.279 e. The molecule has 0 saturated carbocycles. The molecule has 1 amide bonds. The first kappa shape index (κ1) is 10.5. The van der Waals surface area contributed by atoms with E-state index in [-0.39, 0.29) is 4.63 Å². The van der Waals surface area contributed by atoms with Crippen LogP contribution in [0.1, 0.15) is 10.4 Å². The van der Waals surface area contributed by atoms with Gasteiger partial charge in [-0.05, 0) is 47.5 Å². The highest BCUT2D eigenvalue weighted by Gasteiger charge is 2.03. The molecule has 0 atom stereocenters. The monoisotopic (exact) mass is 235 g/mol. The van der Waals surface area contributed by atoms with E-state index in [1.807, 2.05) is 0 Å². The molecule has 0 N–H and O–H groups in total. The van der Waals surface area contributed by atoms with Crippen LogP contribution in [0.25, 0.3) is 0 Å². The number of amides is 1. The number of benzene rings is 1. The average molecular weight is 236 g/mol. The molecule has 5 heteroatoms. The molecular weight excluding hydrogens is 232 g/mol. The summed E-state index contributed by atoms with van der Waals surface area (Å²) in [5.74, 6) is -0.489. The first-order valence-electron chi connectivity index (χ1n) is 3.29. The van der Waals surface area contributed by atoms with Gasteiger partial charge in [-0.25, -0.2) is 0 Å². The van der Waals surface area contributed by atoms with Gasteiger partial charge in [0, 0.05) is 10.6 Å². The SMILES string of the molecule is O=C(N=C(Cl)Cl)c1ccc(Cl)cc1. The molecule has 0 aliphatic rings. The number of nitrogens with zero attached hydrogens (tertiary/aromatic N) is 1. The molecule has 1 rings (SSSR count). The summed E-state index contributed by atoms with van der Waals surface area (Å²) in [5, 5.41) is 0.553. The molecule has 0 unspecified atom stereocenters. The van der Waals surface area contributed by atoms with Crippen LogP contribution >= 0.6 is 34.8 Å². The third-order valence-electron chi connectivity index (χ3n) is 1.28. The van der Waals surface area contributed by atoms with Gasteiger partial charge in [-0.3, -0.25) is 4.79 Å². The lowest BCUT2D eigenvalue weighted by Crippen LogP contribution is -1.95. The van der Waals surface area contributed by atoms with Crippen molar-refractivity contribution in [3.63, 3.8) is 0 Å². The number of halogens is 3. The zero-order valence-corrected chi connectivity index (χ0v) is 8.57. The van der Waals surface area contributed by atoms with Crippen LogP contribution in [0.3, 0.4) is 0 Å². The molecule has 2 nitrogen and oxygen atoms in total. The second-order valence-corrected chi connectivity index (χ2v) is 3.51. The summed E-state index contributed by atoms with van der Waals surface area (Å²) in [6, 6.07) is 6.27. The van der Waals surface area contributed by atoms with Crippen LogP contribution in [0.2, 0.25) is 5.02 Å². The summed E-state index contributed by atoms with van der Waals surface area (Å²) in [6.45, 7) is 0. The van der Waals surface area contributed by atoms with Crippen molar-refractivity contribution in [2.75, 3.05) is 0 Å². The van der Waals surface area contributed by atoms with E-state index in [9.17, 15) is 4.79 Å². The quantitative estimate of drug-likeness (QED) is 0.688. The fourth-order valence-electron chi connectivity index (χ4n) is 0.734. The lowest BCUT2D eigenvalue weighted by Gasteiger charge is -1.94. The Morgan fingerprint density at radius 3 is 2.15 bits per heavy atom. The van der Waals surface area contributed by atoms with Crippen LogP contribution in [0.4, 0.5) is 0 Å². The van der Waals surface area contributed by atoms with Crippen LogP contribution in [-0.2, 0) is 0 Å². The number of carbonyl (C=O) groups excluding carboxylic acids is 1. The largest absolute Gasteiger partial charge is 0.279 e. The third-order valence-corrected chi connectivity index (χ3v) is 1.70. The van der Waals surface area contributed by atoms with Crippen molar-refractivity contribution < 1.29 is 4.79 Å². The van der Waals surface area contributed by atoms with Crippen molar-refractivity contribution in [1.29, 1.82) is 0 Å². The first-order chi connectivity index (χ1) is 6.09. The Morgan fingerprint density at radius 2 is 1.69 bits per heavy atom. The maximum atomic E-state index is 11.2. The van der Waals surface area contributed by atoms with Gasteiger partial charge in [0.05, 0.1) is 0 Å². The zero-order valence-electron chi connectivity index (χ0n) is 6.30. The summed E-state index contributed by atoms with van der Waals surface area (Å²) in [5.41, 5.74) is 0.392. The van der Waals surface area contributed by atoms with Gasteiger partial charge in [-0.2, -0.15) is 4.99 Å². The Morgan fingerprint density at radius 1 is 1.15 bits per heavy atom. The summed E-state index contributed by atoms with van der Waals surface area (Å²) >= 11 is 16.1. The standard InChI is InChI=1S/C8H4Cl3NO/c9-6-3-1-5(2-4-6)7(13)12-8(10)11/h1-4H. The van der Waals surface area contributed by atoms with E-state index in [2.05, 4.69) is 4.99 Å². The van der Waals surface area contributed by atoms with E-state index < -0.39 is 5.91 Å². The van der Waals surface area contributed by atoms with Crippen LogP contribution in [0.15, 0.2) is 29.3 Å². The van der Waals surface area contributed by atoms with E-state index in [0.29, 0.717) is 10.6 Å². The molecular formula is C8H4Cl3NO. The van der Waals surface area contributed by atoms with Gasteiger partial charge >= 0.3 is 0 Å². The molecule has 1 aromatic carbocycles. The van der Waals surface area contributed by atoms with Crippen LogP contribution in [0.5, 0.6) is 0 Å². The van der Waals surface area contributed by atoms with Crippen molar-refractivity contribution in [2.45, 2.75) is 0 Å². The number of hydrogen-bond donors (Lipinski definition) is 0. The molecule has 0 heterocycles. The molecule has 0 bridgehead atoms. The Balaban J connectivity index is 2.90. The summed E-state index contributed by atoms with van der Waals surface area (Å²) in [6.07, 6.45) is 0. The molecule has 1 aromatic rings. The zero-order chi connectivity index (χ0) is 9.84. The molecule has 0 radical (unpaired) electrons. The fraction of sp³-hybridized carbons (Fsp3) is 0. The lowest BCUT2D eigenvalue weighted by molar-refractivity contribution is 0.100. The van der Waals surface area contributed by atoms with Gasteiger partial charge in [0.15, 0.2) is 4.63 Å². The second kappa shape index (κ2) is 4.61. The highest BCUT2D eigenvalue weighted by molar-refractivity contribution is 6.95. The third kappa shape index (κ3) is 3.35. The summed E-state index contributed by atoms with van der Waals surface area (Å²) in [4.78, 5) is 14.5. The molecule has 13 heavy (non-hydrogen) atoms. The number of hydrogen-bond acceptors (Lipinski definition) is 1. The highest BCUT2D eigenvalue weighted by Crippen LogP contribution is 2.10. The van der Waals surface area contributed by atoms with Gasteiger partial charge in [0.1, 0.15) is 0 Å². The molecule has 68 valence electrons. The minimum absolute atomic E-state index is 0.306. The Bertz CT molecular complexity index is 341. The maximum absolute atomic E-state index is 11.2. The Labute approximate surface area is 90.1 Å². The minimum Gasteiger partial charge on any atom is -0.267 e. The summed E-state index contributed by atoms with van der Waals surface area (Å²) in [7, 11) is 0. The van der Waals surface area contributed by atoms with Crippen molar-refractivity contribution in [3.05, 3.63) is 34.9 Å². The van der Waals surface area contributed by atoms with Gasteiger partial charge in [0.2, 0.25) is 0 Å². The fourth-order valence-corrected chi connectivity index (χ4v) is 1.01. The molecule has 0 fully saturated rings. The first-order valence-corrected chi connectivity index (χ1v) is 4.42. The van der Waals surface area contributed by atoms with Gasteiger partial charge in [0.25, 0.3) is 5.91 Å². The predicted octanol–water partition coefficient (Wildman–Crippen LogP) is 3.31. The lowest BCUT2D eigenvalue weighted by atomic mass is 10.2. The Hall–Kier alpha value is -0.570. The highest BCUT2D eigenvalue weighted by atomic mass is 35.5. The topological polar surface area (TPSA) is 29.4 Å². The number of aliphatic imine (C=N–C) groups is 1. The molecule has 0 aliphatic carbocycles. The van der Waals surface area contributed by atoms with Crippen LogP contribution in [-0.4, -0.2) is 10.5 Å². The van der Waals surface area contributed by atoms with E-state index in [0.717, 1.165) is 0 Å². The van der Waals surface area contributed by atoms with Gasteiger partial charge in [-0.1, -0.05) is 11.6 Å².